The van der Waals surface area contributed by atoms with Crippen LogP contribution in [0.3, 0.4) is 0 Å². The standard InChI is InChI=1S/C20H22N6O2/c1-12-8-13-9-15(11-18(12)22-13)28-20-5-4-17(23-24-20)16-3-2-14(10-19(16)27)26-7-6-21-25-26/h2-7,10,12-13,15,18,22,27H,8-9,11H2,1H3/t12?,13?,15-,18?/m0/s1. The van der Waals surface area contributed by atoms with Crippen LogP contribution in [-0.2, 0) is 0 Å². The first-order valence-corrected chi connectivity index (χ1v) is 9.62. The maximum absolute atomic E-state index is 10.4. The van der Waals surface area contributed by atoms with E-state index in [4.69, 9.17) is 4.74 Å². The lowest BCUT2D eigenvalue weighted by Gasteiger charge is -2.29. The second kappa shape index (κ2) is 6.87. The van der Waals surface area contributed by atoms with Crippen molar-refractivity contribution < 1.29 is 9.84 Å². The smallest absolute Gasteiger partial charge is 0.233 e. The van der Waals surface area contributed by atoms with Gasteiger partial charge in [-0.3, -0.25) is 0 Å². The number of piperidine rings is 1. The van der Waals surface area contributed by atoms with Crippen LogP contribution in [0, 0.1) is 5.92 Å². The predicted octanol–water partition coefficient (Wildman–Crippen LogP) is 2.34. The lowest BCUT2D eigenvalue weighted by Crippen LogP contribution is -2.43. The molecule has 3 unspecified atom stereocenters. The molecule has 1 aromatic carbocycles. The fourth-order valence-electron chi connectivity index (χ4n) is 4.33. The van der Waals surface area contributed by atoms with Crippen molar-refractivity contribution in [3.05, 3.63) is 42.7 Å². The molecule has 4 atom stereocenters. The van der Waals surface area contributed by atoms with E-state index in [9.17, 15) is 5.11 Å². The zero-order valence-corrected chi connectivity index (χ0v) is 15.6. The summed E-state index contributed by atoms with van der Waals surface area (Å²) in [7, 11) is 0. The molecular formula is C20H22N6O2. The fourth-order valence-corrected chi connectivity index (χ4v) is 4.33. The Morgan fingerprint density at radius 1 is 1.14 bits per heavy atom. The van der Waals surface area contributed by atoms with Crippen LogP contribution >= 0.6 is 0 Å². The first-order valence-electron chi connectivity index (χ1n) is 9.62. The summed E-state index contributed by atoms with van der Waals surface area (Å²) < 4.78 is 7.66. The molecule has 0 amide bonds. The third-order valence-corrected chi connectivity index (χ3v) is 5.73. The van der Waals surface area contributed by atoms with Gasteiger partial charge in [0.2, 0.25) is 5.88 Å². The van der Waals surface area contributed by atoms with Crippen LogP contribution in [0.15, 0.2) is 42.7 Å². The SMILES string of the molecule is CC1CC2C[C@H](Oc3ccc(-c4ccc(-n5ccnn5)cc4O)nn3)CC1N2. The summed E-state index contributed by atoms with van der Waals surface area (Å²) in [5.74, 6) is 1.34. The third kappa shape index (κ3) is 3.20. The Hall–Kier alpha value is -3.00. The minimum Gasteiger partial charge on any atom is -0.507 e. The summed E-state index contributed by atoms with van der Waals surface area (Å²) in [6, 6.07) is 10.0. The molecule has 3 aromatic rings. The molecule has 2 aromatic heterocycles. The number of fused-ring (bicyclic) bond motifs is 2. The number of nitrogens with one attached hydrogen (secondary N) is 1. The zero-order chi connectivity index (χ0) is 19.1. The summed E-state index contributed by atoms with van der Waals surface area (Å²) in [5.41, 5.74) is 1.92. The van der Waals surface area contributed by atoms with Crippen LogP contribution in [0.25, 0.3) is 16.9 Å². The molecule has 0 aliphatic carbocycles. The van der Waals surface area contributed by atoms with Gasteiger partial charge in [0.15, 0.2) is 0 Å². The van der Waals surface area contributed by atoms with Gasteiger partial charge in [-0.25, -0.2) is 4.68 Å². The van der Waals surface area contributed by atoms with Gasteiger partial charge in [-0.05, 0) is 43.4 Å². The summed E-state index contributed by atoms with van der Waals surface area (Å²) in [5, 5.41) is 30.2. The van der Waals surface area contributed by atoms with Crippen molar-refractivity contribution in [2.24, 2.45) is 5.92 Å². The fraction of sp³-hybridized carbons (Fsp3) is 0.400. The summed E-state index contributed by atoms with van der Waals surface area (Å²) in [6.45, 7) is 2.30. The maximum Gasteiger partial charge on any atom is 0.233 e. The first kappa shape index (κ1) is 17.1. The van der Waals surface area contributed by atoms with Crippen LogP contribution in [0.5, 0.6) is 11.6 Å². The largest absolute Gasteiger partial charge is 0.507 e. The molecule has 8 nitrogen and oxygen atoms in total. The molecule has 2 N–H and O–H groups in total. The molecule has 2 aliphatic heterocycles. The summed E-state index contributed by atoms with van der Waals surface area (Å²) >= 11 is 0. The highest BCUT2D eigenvalue weighted by Gasteiger charge is 2.39. The van der Waals surface area contributed by atoms with Crippen molar-refractivity contribution in [1.29, 1.82) is 0 Å². The van der Waals surface area contributed by atoms with E-state index >= 15 is 0 Å². The van der Waals surface area contributed by atoms with Crippen molar-refractivity contribution in [3.63, 3.8) is 0 Å². The van der Waals surface area contributed by atoms with Gasteiger partial charge >= 0.3 is 0 Å². The lowest BCUT2D eigenvalue weighted by atomic mass is 9.99. The Labute approximate surface area is 162 Å². The Balaban J connectivity index is 1.30. The van der Waals surface area contributed by atoms with E-state index in [1.54, 1.807) is 29.2 Å². The van der Waals surface area contributed by atoms with E-state index in [0.717, 1.165) is 18.5 Å². The van der Waals surface area contributed by atoms with Gasteiger partial charge in [0, 0.05) is 29.8 Å². The number of phenolic OH excluding ortho intramolecular Hbond substituents is 1. The lowest BCUT2D eigenvalue weighted by molar-refractivity contribution is 0.127. The molecule has 0 saturated carbocycles. The number of aromatic hydroxyl groups is 1. The van der Waals surface area contributed by atoms with Gasteiger partial charge in [-0.1, -0.05) is 12.1 Å². The molecule has 2 saturated heterocycles. The number of benzene rings is 1. The Morgan fingerprint density at radius 2 is 2.07 bits per heavy atom. The molecule has 2 aliphatic rings. The molecule has 8 heteroatoms. The van der Waals surface area contributed by atoms with Gasteiger partial charge < -0.3 is 15.2 Å². The highest BCUT2D eigenvalue weighted by molar-refractivity contribution is 5.68. The minimum atomic E-state index is 0.111. The molecule has 5 rings (SSSR count). The number of ether oxygens (including phenoxy) is 1. The van der Waals surface area contributed by atoms with E-state index < -0.39 is 0 Å². The van der Waals surface area contributed by atoms with Crippen LogP contribution in [0.2, 0.25) is 0 Å². The number of hydrogen-bond acceptors (Lipinski definition) is 7. The second-order valence-corrected chi connectivity index (χ2v) is 7.70. The second-order valence-electron chi connectivity index (χ2n) is 7.70. The first-order chi connectivity index (χ1) is 13.7. The summed E-state index contributed by atoms with van der Waals surface area (Å²) in [6.07, 6.45) is 6.72. The van der Waals surface area contributed by atoms with E-state index in [1.807, 2.05) is 18.2 Å². The third-order valence-electron chi connectivity index (χ3n) is 5.73. The normalized spacial score (nSPS) is 26.3. The van der Waals surface area contributed by atoms with Gasteiger partial charge in [0.1, 0.15) is 11.9 Å². The Morgan fingerprint density at radius 3 is 2.79 bits per heavy atom. The molecule has 2 bridgehead atoms. The van der Waals surface area contributed by atoms with E-state index in [2.05, 4.69) is 32.7 Å². The quantitative estimate of drug-likeness (QED) is 0.719. The van der Waals surface area contributed by atoms with Gasteiger partial charge in [0.25, 0.3) is 0 Å². The van der Waals surface area contributed by atoms with Crippen molar-refractivity contribution in [2.75, 3.05) is 0 Å². The van der Waals surface area contributed by atoms with Crippen molar-refractivity contribution in [3.8, 4) is 28.6 Å². The Bertz CT molecular complexity index is 957. The van der Waals surface area contributed by atoms with Crippen molar-refractivity contribution >= 4 is 0 Å². The van der Waals surface area contributed by atoms with Crippen LogP contribution in [-0.4, -0.2) is 48.5 Å². The molecule has 0 radical (unpaired) electrons. The van der Waals surface area contributed by atoms with Gasteiger partial charge in [-0.2, -0.15) is 0 Å². The van der Waals surface area contributed by atoms with E-state index in [-0.39, 0.29) is 11.9 Å². The minimum absolute atomic E-state index is 0.111. The Kier molecular flexibility index (Phi) is 4.20. The number of nitrogens with zero attached hydrogens (tertiary/aromatic N) is 5. The molecule has 4 heterocycles. The predicted molar refractivity (Wildman–Crippen MR) is 102 cm³/mol. The maximum atomic E-state index is 10.4. The average Bonchev–Trinajstić information content (AvgIpc) is 3.31. The van der Waals surface area contributed by atoms with E-state index in [0.29, 0.717) is 35.1 Å². The highest BCUT2D eigenvalue weighted by Crippen LogP contribution is 2.34. The molecule has 28 heavy (non-hydrogen) atoms. The molecule has 144 valence electrons. The highest BCUT2D eigenvalue weighted by atomic mass is 16.5. The number of rotatable bonds is 4. The zero-order valence-electron chi connectivity index (χ0n) is 15.6. The van der Waals surface area contributed by atoms with Crippen LogP contribution in [0.4, 0.5) is 0 Å². The monoisotopic (exact) mass is 378 g/mol. The van der Waals surface area contributed by atoms with E-state index in [1.165, 1.54) is 6.42 Å². The molecular weight excluding hydrogens is 356 g/mol. The number of hydrogen-bond donors (Lipinski definition) is 2. The van der Waals surface area contributed by atoms with Gasteiger partial charge in [0.05, 0.1) is 23.8 Å². The summed E-state index contributed by atoms with van der Waals surface area (Å²) in [4.78, 5) is 0. The molecule has 0 spiro atoms. The number of aromatic nitrogens is 5. The van der Waals surface area contributed by atoms with Crippen LogP contribution < -0.4 is 10.1 Å². The topological polar surface area (TPSA) is 98.0 Å². The van der Waals surface area contributed by atoms with Crippen molar-refractivity contribution in [1.82, 2.24) is 30.5 Å². The van der Waals surface area contributed by atoms with Gasteiger partial charge in [-0.15, -0.1) is 15.3 Å². The van der Waals surface area contributed by atoms with Crippen LogP contribution in [0.1, 0.15) is 26.2 Å². The number of phenols is 1. The molecule has 2 fully saturated rings. The van der Waals surface area contributed by atoms with Crippen molar-refractivity contribution in [2.45, 2.75) is 44.4 Å². The average molecular weight is 378 g/mol.